The van der Waals surface area contributed by atoms with Crippen molar-refractivity contribution in [1.82, 2.24) is 5.32 Å². The highest BCUT2D eigenvalue weighted by molar-refractivity contribution is 9.12. The van der Waals surface area contributed by atoms with Crippen molar-refractivity contribution in [3.05, 3.63) is 38.3 Å². The number of rotatable bonds is 3. The highest BCUT2D eigenvalue weighted by atomic mass is 79.9. The van der Waals surface area contributed by atoms with E-state index >= 15 is 0 Å². The summed E-state index contributed by atoms with van der Waals surface area (Å²) in [6, 6.07) is 5.66. The number of hydrogen-bond acceptors (Lipinski definition) is 3. The van der Waals surface area contributed by atoms with Crippen LogP contribution in [-0.2, 0) is 0 Å². The lowest BCUT2D eigenvalue weighted by Gasteiger charge is -2.12. The Bertz CT molecular complexity index is 529. The van der Waals surface area contributed by atoms with Crippen LogP contribution in [0.2, 0.25) is 5.02 Å². The fourth-order valence-corrected chi connectivity index (χ4v) is 2.06. The molecule has 0 radical (unpaired) electrons. The average Bonchev–Trinajstić information content (AvgIpc) is 2.34. The van der Waals surface area contributed by atoms with Crippen LogP contribution in [-0.4, -0.2) is 13.3 Å². The molecule has 0 fully saturated rings. The van der Waals surface area contributed by atoms with Crippen LogP contribution in [0, 0.1) is 23.7 Å². The van der Waals surface area contributed by atoms with E-state index in [4.69, 9.17) is 17.0 Å². The lowest BCUT2D eigenvalue weighted by Crippen LogP contribution is -2.09. The summed E-state index contributed by atoms with van der Waals surface area (Å²) in [5, 5.41) is 20.0. The summed E-state index contributed by atoms with van der Waals surface area (Å²) in [5.74, 6) is 0. The van der Waals surface area contributed by atoms with Crippen LogP contribution >= 0.6 is 27.5 Å². The quantitative estimate of drug-likeness (QED) is 0.840. The maximum Gasteiger partial charge on any atom is 0.100 e. The smallest absolute Gasteiger partial charge is 0.100 e. The zero-order valence-corrected chi connectivity index (χ0v) is 11.8. The molecule has 1 aromatic carbocycles. The molecule has 0 heterocycles. The summed E-state index contributed by atoms with van der Waals surface area (Å²) in [7, 11) is 1.74. The van der Waals surface area contributed by atoms with E-state index in [0.717, 1.165) is 11.1 Å². The standard InChI is InChI=1S/C12H11BrClN3/c1-7-9(5-15)8(3-4-11(7)14)12(17-2)10(13)6-16/h3-4,6,16-17H,1-2H3/b12-10+,16-6?. The molecule has 88 valence electrons. The lowest BCUT2D eigenvalue weighted by atomic mass is 10.00. The van der Waals surface area contributed by atoms with Gasteiger partial charge in [-0.1, -0.05) is 17.7 Å². The molecule has 1 aromatic rings. The van der Waals surface area contributed by atoms with Crippen molar-refractivity contribution in [2.45, 2.75) is 6.92 Å². The van der Waals surface area contributed by atoms with Crippen LogP contribution in [0.4, 0.5) is 0 Å². The molecule has 0 aliphatic heterocycles. The SMILES string of the molecule is CN/C(=C(/Br)C=N)c1ccc(Cl)c(C)c1C#N. The van der Waals surface area contributed by atoms with Crippen LogP contribution in [0.3, 0.4) is 0 Å². The molecular formula is C12H11BrClN3. The molecule has 0 aromatic heterocycles. The van der Waals surface area contributed by atoms with Gasteiger partial charge in [-0.15, -0.1) is 0 Å². The zero-order chi connectivity index (χ0) is 13.0. The first-order chi connectivity index (χ1) is 8.06. The number of nitrogens with one attached hydrogen (secondary N) is 2. The molecule has 0 atom stereocenters. The lowest BCUT2D eigenvalue weighted by molar-refractivity contribution is 1.12. The molecule has 2 N–H and O–H groups in total. The molecule has 0 saturated heterocycles. The summed E-state index contributed by atoms with van der Waals surface area (Å²) in [4.78, 5) is 0. The van der Waals surface area contributed by atoms with E-state index in [0.29, 0.717) is 20.8 Å². The van der Waals surface area contributed by atoms with E-state index < -0.39 is 0 Å². The Balaban J connectivity index is 3.58. The molecule has 1 rings (SSSR count). The Morgan fingerprint density at radius 1 is 1.59 bits per heavy atom. The van der Waals surface area contributed by atoms with Gasteiger partial charge in [0.1, 0.15) is 6.07 Å². The van der Waals surface area contributed by atoms with Gasteiger partial charge in [0.2, 0.25) is 0 Å². The van der Waals surface area contributed by atoms with E-state index in [2.05, 4.69) is 27.3 Å². The van der Waals surface area contributed by atoms with Gasteiger partial charge in [0, 0.05) is 23.8 Å². The molecule has 0 bridgehead atoms. The third kappa shape index (κ3) is 2.68. The predicted octanol–water partition coefficient (Wildman–Crippen LogP) is 3.45. The van der Waals surface area contributed by atoms with Crippen molar-refractivity contribution >= 4 is 39.4 Å². The van der Waals surface area contributed by atoms with E-state index in [1.54, 1.807) is 26.1 Å². The van der Waals surface area contributed by atoms with Crippen LogP contribution in [0.15, 0.2) is 16.6 Å². The monoisotopic (exact) mass is 311 g/mol. The molecule has 0 amide bonds. The zero-order valence-electron chi connectivity index (χ0n) is 9.44. The highest BCUT2D eigenvalue weighted by Crippen LogP contribution is 2.28. The van der Waals surface area contributed by atoms with E-state index in [-0.39, 0.29) is 0 Å². The summed E-state index contributed by atoms with van der Waals surface area (Å²) >= 11 is 9.26. The molecule has 17 heavy (non-hydrogen) atoms. The maximum atomic E-state index is 9.19. The van der Waals surface area contributed by atoms with Crippen molar-refractivity contribution in [1.29, 1.82) is 10.7 Å². The van der Waals surface area contributed by atoms with Gasteiger partial charge in [-0.05, 0) is 34.5 Å². The van der Waals surface area contributed by atoms with Crippen LogP contribution < -0.4 is 5.32 Å². The first kappa shape index (κ1) is 13.8. The minimum Gasteiger partial charge on any atom is -0.387 e. The second-order valence-corrected chi connectivity index (χ2v) is 4.59. The second-order valence-electron chi connectivity index (χ2n) is 3.32. The van der Waals surface area contributed by atoms with Gasteiger partial charge in [0.05, 0.1) is 15.7 Å². The topological polar surface area (TPSA) is 59.7 Å². The Morgan fingerprint density at radius 2 is 2.24 bits per heavy atom. The molecule has 0 aliphatic carbocycles. The fraction of sp³-hybridized carbons (Fsp3) is 0.167. The van der Waals surface area contributed by atoms with Crippen LogP contribution in [0.5, 0.6) is 0 Å². The number of nitriles is 1. The number of allylic oxidation sites excluding steroid dienone is 1. The summed E-state index contributed by atoms with van der Waals surface area (Å²) in [6.07, 6.45) is 1.18. The Morgan fingerprint density at radius 3 is 2.71 bits per heavy atom. The van der Waals surface area contributed by atoms with E-state index in [1.807, 2.05) is 0 Å². The average molecular weight is 313 g/mol. The normalized spacial score (nSPS) is 11.5. The summed E-state index contributed by atoms with van der Waals surface area (Å²) in [6.45, 7) is 1.80. The van der Waals surface area contributed by atoms with Gasteiger partial charge < -0.3 is 10.7 Å². The minimum absolute atomic E-state index is 0.514. The Labute approximate surface area is 114 Å². The van der Waals surface area contributed by atoms with E-state index in [1.165, 1.54) is 6.21 Å². The molecular weight excluding hydrogens is 302 g/mol. The molecule has 0 unspecified atom stereocenters. The van der Waals surface area contributed by atoms with E-state index in [9.17, 15) is 5.26 Å². The Hall–Kier alpha value is -1.31. The van der Waals surface area contributed by atoms with Crippen LogP contribution in [0.1, 0.15) is 16.7 Å². The molecule has 0 spiro atoms. The summed E-state index contributed by atoms with van der Waals surface area (Å²) < 4.78 is 0.582. The fourth-order valence-electron chi connectivity index (χ4n) is 1.49. The first-order valence-electron chi connectivity index (χ1n) is 4.84. The largest absolute Gasteiger partial charge is 0.387 e. The van der Waals surface area contributed by atoms with Gasteiger partial charge in [0.25, 0.3) is 0 Å². The van der Waals surface area contributed by atoms with Gasteiger partial charge in [-0.2, -0.15) is 5.26 Å². The van der Waals surface area contributed by atoms with Gasteiger partial charge in [-0.3, -0.25) is 0 Å². The third-order valence-electron chi connectivity index (χ3n) is 2.40. The molecule has 0 aliphatic rings. The number of hydrogen-bond donors (Lipinski definition) is 2. The van der Waals surface area contributed by atoms with Crippen molar-refractivity contribution in [2.24, 2.45) is 0 Å². The van der Waals surface area contributed by atoms with Gasteiger partial charge in [-0.25, -0.2) is 0 Å². The maximum absolute atomic E-state index is 9.19. The third-order valence-corrected chi connectivity index (χ3v) is 3.43. The van der Waals surface area contributed by atoms with Gasteiger partial charge >= 0.3 is 0 Å². The van der Waals surface area contributed by atoms with Crippen molar-refractivity contribution < 1.29 is 0 Å². The highest BCUT2D eigenvalue weighted by Gasteiger charge is 2.13. The van der Waals surface area contributed by atoms with Gasteiger partial charge in [0.15, 0.2) is 0 Å². The molecule has 0 saturated carbocycles. The molecule has 3 nitrogen and oxygen atoms in total. The second kappa shape index (κ2) is 5.85. The number of nitrogens with zero attached hydrogens (tertiary/aromatic N) is 1. The van der Waals surface area contributed by atoms with Crippen molar-refractivity contribution in [2.75, 3.05) is 7.05 Å². The number of halogens is 2. The summed E-state index contributed by atoms with van der Waals surface area (Å²) in [5.41, 5.74) is 2.67. The minimum atomic E-state index is 0.514. The first-order valence-corrected chi connectivity index (χ1v) is 6.01. The Kier molecular flexibility index (Phi) is 4.73. The van der Waals surface area contributed by atoms with Crippen LogP contribution in [0.25, 0.3) is 5.70 Å². The number of benzene rings is 1. The van der Waals surface area contributed by atoms with Crippen molar-refractivity contribution in [3.63, 3.8) is 0 Å². The van der Waals surface area contributed by atoms with Crippen molar-refractivity contribution in [3.8, 4) is 6.07 Å². The predicted molar refractivity (Wildman–Crippen MR) is 74.6 cm³/mol. The molecule has 5 heteroatoms.